The van der Waals surface area contributed by atoms with Gasteiger partial charge in [0.1, 0.15) is 6.54 Å². The minimum Gasteiger partial charge on any atom is -0.383 e. The second-order valence-electron chi connectivity index (χ2n) is 7.65. The van der Waals surface area contributed by atoms with Crippen LogP contribution >= 0.6 is 11.6 Å². The number of halogens is 1. The molecule has 1 aliphatic heterocycles. The number of urea groups is 1. The first-order valence-corrected chi connectivity index (χ1v) is 11.0. The van der Waals surface area contributed by atoms with Gasteiger partial charge in [0.05, 0.1) is 18.4 Å². The highest BCUT2D eigenvalue weighted by Gasteiger charge is 2.34. The van der Waals surface area contributed by atoms with E-state index < -0.39 is 0 Å². The van der Waals surface area contributed by atoms with E-state index >= 15 is 0 Å². The number of carbonyl (C=O) groups is 2. The Bertz CT molecular complexity index is 977. The molecule has 3 amide bonds. The Morgan fingerprint density at radius 3 is 2.59 bits per heavy atom. The third kappa shape index (κ3) is 5.66. The average Bonchev–Trinajstić information content (AvgIpc) is 3.22. The molecule has 2 aromatic rings. The van der Waals surface area contributed by atoms with Gasteiger partial charge in [-0.2, -0.15) is 5.10 Å². The number of methoxy groups -OCH3 is 1. The highest BCUT2D eigenvalue weighted by atomic mass is 35.5. The van der Waals surface area contributed by atoms with Gasteiger partial charge in [-0.25, -0.2) is 9.80 Å². The third-order valence-electron chi connectivity index (χ3n) is 5.32. The molecule has 1 atom stereocenters. The summed E-state index contributed by atoms with van der Waals surface area (Å²) in [6.07, 6.45) is 0.539. The zero-order valence-electron chi connectivity index (χ0n) is 18.7. The summed E-state index contributed by atoms with van der Waals surface area (Å²) >= 11 is 6.40. The zero-order chi connectivity index (χ0) is 23.1. The first-order valence-electron chi connectivity index (χ1n) is 10.7. The minimum atomic E-state index is -0.306. The molecule has 32 heavy (non-hydrogen) atoms. The second-order valence-corrected chi connectivity index (χ2v) is 8.05. The normalized spacial score (nSPS) is 15.4. The molecule has 0 saturated heterocycles. The van der Waals surface area contributed by atoms with Crippen molar-refractivity contribution in [1.29, 1.82) is 0 Å². The Labute approximate surface area is 194 Å². The van der Waals surface area contributed by atoms with Crippen molar-refractivity contribution in [2.24, 2.45) is 5.10 Å². The molecular formula is C24H29ClN4O3. The van der Waals surface area contributed by atoms with Crippen molar-refractivity contribution >= 4 is 29.3 Å². The lowest BCUT2D eigenvalue weighted by Gasteiger charge is -2.27. The number of benzene rings is 2. The van der Waals surface area contributed by atoms with Crippen molar-refractivity contribution in [3.8, 4) is 0 Å². The number of hydrogen-bond donors (Lipinski definition) is 1. The summed E-state index contributed by atoms with van der Waals surface area (Å²) in [4.78, 5) is 27.3. The Morgan fingerprint density at radius 1 is 1.22 bits per heavy atom. The molecule has 1 N–H and O–H groups in total. The monoisotopic (exact) mass is 456 g/mol. The number of ether oxygens (including phenoxy) is 1. The van der Waals surface area contributed by atoms with Crippen molar-refractivity contribution in [2.45, 2.75) is 26.3 Å². The topological polar surface area (TPSA) is 74.2 Å². The quantitative estimate of drug-likeness (QED) is 0.652. The van der Waals surface area contributed by atoms with Crippen LogP contribution in [0.3, 0.4) is 0 Å². The molecule has 170 valence electrons. The summed E-state index contributed by atoms with van der Waals surface area (Å²) < 4.78 is 5.11. The fourth-order valence-electron chi connectivity index (χ4n) is 3.60. The predicted octanol–water partition coefficient (Wildman–Crippen LogP) is 4.00. The number of rotatable bonds is 8. The highest BCUT2D eigenvalue weighted by Crippen LogP contribution is 2.34. The first-order chi connectivity index (χ1) is 15.4. The van der Waals surface area contributed by atoms with Gasteiger partial charge in [0.2, 0.25) is 0 Å². The van der Waals surface area contributed by atoms with Gasteiger partial charge in [0.15, 0.2) is 0 Å². The molecule has 0 fully saturated rings. The lowest BCUT2D eigenvalue weighted by atomic mass is 9.97. The summed E-state index contributed by atoms with van der Waals surface area (Å²) in [5, 5.41) is 9.49. The van der Waals surface area contributed by atoms with Gasteiger partial charge in [-0.05, 0) is 25.5 Å². The Morgan fingerprint density at radius 2 is 1.94 bits per heavy atom. The van der Waals surface area contributed by atoms with E-state index in [4.69, 9.17) is 16.3 Å². The molecule has 3 rings (SSSR count). The summed E-state index contributed by atoms with van der Waals surface area (Å²) in [6, 6.07) is 15.0. The smallest absolute Gasteiger partial charge is 0.317 e. The van der Waals surface area contributed by atoms with E-state index in [9.17, 15) is 9.59 Å². The first kappa shape index (κ1) is 23.8. The van der Waals surface area contributed by atoms with Crippen LogP contribution in [0.4, 0.5) is 4.79 Å². The van der Waals surface area contributed by atoms with Crippen LogP contribution in [-0.4, -0.2) is 60.9 Å². The molecule has 1 aliphatic rings. The largest absolute Gasteiger partial charge is 0.383 e. The molecule has 0 spiro atoms. The van der Waals surface area contributed by atoms with Crippen molar-refractivity contribution in [3.63, 3.8) is 0 Å². The van der Waals surface area contributed by atoms with Gasteiger partial charge in [-0.15, -0.1) is 0 Å². The van der Waals surface area contributed by atoms with E-state index in [1.165, 1.54) is 9.91 Å². The lowest BCUT2D eigenvalue weighted by Crippen LogP contribution is -2.47. The van der Waals surface area contributed by atoms with Crippen LogP contribution in [-0.2, 0) is 9.53 Å². The predicted molar refractivity (Wildman–Crippen MR) is 126 cm³/mol. The van der Waals surface area contributed by atoms with Crippen molar-refractivity contribution in [2.75, 3.05) is 33.4 Å². The fourth-order valence-corrected chi connectivity index (χ4v) is 3.84. The van der Waals surface area contributed by atoms with Gasteiger partial charge >= 0.3 is 6.03 Å². The standard InChI is InChI=1S/C24H29ClN4O3/c1-4-26-24(31)28(13-14-32-3)16-23(30)29-22(18-11-9-17(2)10-12-18)15-21(27-29)19-7-5-6-8-20(19)25/h5-12,22H,4,13-16H2,1-3H3,(H,26,31)/t22-/m0/s1. The number of aryl methyl sites for hydroxylation is 1. The van der Waals surface area contributed by atoms with E-state index in [-0.39, 0.29) is 24.5 Å². The van der Waals surface area contributed by atoms with E-state index in [1.807, 2.05) is 62.4 Å². The van der Waals surface area contributed by atoms with Crippen LogP contribution in [0.5, 0.6) is 0 Å². The maximum atomic E-state index is 13.4. The molecule has 0 radical (unpaired) electrons. The molecule has 0 unspecified atom stereocenters. The number of nitrogens with one attached hydrogen (secondary N) is 1. The van der Waals surface area contributed by atoms with Crippen LogP contribution in [0.1, 0.15) is 36.1 Å². The minimum absolute atomic E-state index is 0.100. The lowest BCUT2D eigenvalue weighted by molar-refractivity contribution is -0.133. The molecule has 0 aromatic heterocycles. The second kappa shape index (κ2) is 11.1. The van der Waals surface area contributed by atoms with Gasteiger partial charge in [-0.3, -0.25) is 4.79 Å². The van der Waals surface area contributed by atoms with Crippen LogP contribution in [0.25, 0.3) is 0 Å². The molecule has 2 aromatic carbocycles. The average molecular weight is 457 g/mol. The van der Waals surface area contributed by atoms with Crippen molar-refractivity contribution in [3.05, 3.63) is 70.2 Å². The molecule has 0 saturated carbocycles. The molecule has 7 nitrogen and oxygen atoms in total. The number of hydrogen-bond acceptors (Lipinski definition) is 4. The SMILES string of the molecule is CCNC(=O)N(CCOC)CC(=O)N1N=C(c2ccccc2Cl)C[C@H]1c1ccc(C)cc1. The molecule has 0 bridgehead atoms. The zero-order valence-corrected chi connectivity index (χ0v) is 19.4. The van der Waals surface area contributed by atoms with E-state index in [1.54, 1.807) is 7.11 Å². The summed E-state index contributed by atoms with van der Waals surface area (Å²) in [7, 11) is 1.56. The Kier molecular flexibility index (Phi) is 8.25. The summed E-state index contributed by atoms with van der Waals surface area (Å²) in [5.41, 5.74) is 3.67. The van der Waals surface area contributed by atoms with Gasteiger partial charge < -0.3 is 15.0 Å². The fraction of sp³-hybridized carbons (Fsp3) is 0.375. The maximum Gasteiger partial charge on any atom is 0.317 e. The van der Waals surface area contributed by atoms with Crippen molar-refractivity contribution in [1.82, 2.24) is 15.2 Å². The van der Waals surface area contributed by atoms with Gasteiger partial charge in [0.25, 0.3) is 5.91 Å². The third-order valence-corrected chi connectivity index (χ3v) is 5.65. The van der Waals surface area contributed by atoms with E-state index in [0.717, 1.165) is 22.4 Å². The highest BCUT2D eigenvalue weighted by molar-refractivity contribution is 6.34. The molecular weight excluding hydrogens is 428 g/mol. The van der Waals surface area contributed by atoms with Crippen LogP contribution in [0.2, 0.25) is 5.02 Å². The van der Waals surface area contributed by atoms with Crippen LogP contribution in [0.15, 0.2) is 53.6 Å². The number of nitrogens with zero attached hydrogens (tertiary/aromatic N) is 3. The van der Waals surface area contributed by atoms with Crippen LogP contribution in [0, 0.1) is 6.92 Å². The summed E-state index contributed by atoms with van der Waals surface area (Å²) in [5.74, 6) is -0.264. The van der Waals surface area contributed by atoms with Gasteiger partial charge in [0, 0.05) is 37.2 Å². The molecule has 1 heterocycles. The number of hydrazone groups is 1. The molecule has 0 aliphatic carbocycles. The Hall–Kier alpha value is -2.90. The van der Waals surface area contributed by atoms with Gasteiger partial charge in [-0.1, -0.05) is 59.6 Å². The molecule has 8 heteroatoms. The van der Waals surface area contributed by atoms with E-state index in [0.29, 0.717) is 31.1 Å². The summed E-state index contributed by atoms with van der Waals surface area (Å²) in [6.45, 7) is 4.87. The van der Waals surface area contributed by atoms with Crippen molar-refractivity contribution < 1.29 is 14.3 Å². The number of carbonyl (C=O) groups excluding carboxylic acids is 2. The van der Waals surface area contributed by atoms with Crippen LogP contribution < -0.4 is 5.32 Å². The maximum absolute atomic E-state index is 13.4. The Balaban J connectivity index is 1.90. The van der Waals surface area contributed by atoms with E-state index in [2.05, 4.69) is 10.4 Å². The number of amides is 3.